The number of nitrogens with two attached hydrogens (primary N) is 2. The van der Waals surface area contributed by atoms with Crippen LogP contribution >= 0.6 is 0 Å². The molecule has 0 aromatic rings. The maximum Gasteiger partial charge on any atom is 0.0529 e. The van der Waals surface area contributed by atoms with Gasteiger partial charge in [0.25, 0.3) is 0 Å². The summed E-state index contributed by atoms with van der Waals surface area (Å²) in [6, 6.07) is 0. The van der Waals surface area contributed by atoms with Crippen LogP contribution < -0.4 is 11.5 Å². The van der Waals surface area contributed by atoms with Crippen molar-refractivity contribution in [3.8, 4) is 0 Å². The van der Waals surface area contributed by atoms with Gasteiger partial charge in [-0.05, 0) is 19.0 Å². The first-order chi connectivity index (χ1) is 5.52. The van der Waals surface area contributed by atoms with E-state index in [2.05, 4.69) is 20.8 Å². The highest BCUT2D eigenvalue weighted by molar-refractivity contribution is 4.68. The molecule has 0 aliphatic carbocycles. The SMILES string of the molecule is CC(CN)COCC(C)(C)CN. The van der Waals surface area contributed by atoms with Crippen molar-refractivity contribution in [3.05, 3.63) is 0 Å². The zero-order valence-electron chi connectivity index (χ0n) is 8.47. The van der Waals surface area contributed by atoms with Crippen molar-refractivity contribution in [2.45, 2.75) is 20.8 Å². The van der Waals surface area contributed by atoms with Crippen LogP contribution in [-0.4, -0.2) is 26.3 Å². The third kappa shape index (κ3) is 5.52. The lowest BCUT2D eigenvalue weighted by Gasteiger charge is -2.22. The fraction of sp³-hybridized carbons (Fsp3) is 1.00. The molecule has 0 aliphatic heterocycles. The number of rotatable bonds is 6. The second kappa shape index (κ2) is 5.51. The summed E-state index contributed by atoms with van der Waals surface area (Å²) >= 11 is 0. The highest BCUT2D eigenvalue weighted by Gasteiger charge is 2.15. The zero-order chi connectivity index (χ0) is 9.61. The van der Waals surface area contributed by atoms with Crippen molar-refractivity contribution < 1.29 is 4.74 Å². The maximum absolute atomic E-state index is 5.55. The topological polar surface area (TPSA) is 61.3 Å². The lowest BCUT2D eigenvalue weighted by Crippen LogP contribution is -2.30. The summed E-state index contributed by atoms with van der Waals surface area (Å²) in [6.07, 6.45) is 0. The first kappa shape index (κ1) is 11.9. The van der Waals surface area contributed by atoms with Crippen LogP contribution in [0.4, 0.5) is 0 Å². The summed E-state index contributed by atoms with van der Waals surface area (Å²) in [5.74, 6) is 0.443. The molecule has 0 fully saturated rings. The monoisotopic (exact) mass is 174 g/mol. The van der Waals surface area contributed by atoms with Gasteiger partial charge in [0, 0.05) is 5.41 Å². The fourth-order valence-corrected chi connectivity index (χ4v) is 0.663. The number of hydrogen-bond donors (Lipinski definition) is 2. The summed E-state index contributed by atoms with van der Waals surface area (Å²) < 4.78 is 5.48. The molecule has 0 aromatic heterocycles. The van der Waals surface area contributed by atoms with Gasteiger partial charge in [0.1, 0.15) is 0 Å². The van der Waals surface area contributed by atoms with Crippen LogP contribution in [0.25, 0.3) is 0 Å². The highest BCUT2D eigenvalue weighted by atomic mass is 16.5. The minimum Gasteiger partial charge on any atom is -0.381 e. The molecule has 0 rings (SSSR count). The predicted molar refractivity (Wildman–Crippen MR) is 51.9 cm³/mol. The average molecular weight is 174 g/mol. The standard InChI is InChI=1S/C9H22N2O/c1-8(4-10)5-12-7-9(2,3)6-11/h8H,4-7,10-11H2,1-3H3. The second-order valence-corrected chi connectivity index (χ2v) is 4.22. The lowest BCUT2D eigenvalue weighted by atomic mass is 9.95. The first-order valence-corrected chi connectivity index (χ1v) is 4.49. The summed E-state index contributed by atoms with van der Waals surface area (Å²) in [5, 5.41) is 0. The summed E-state index contributed by atoms with van der Waals surface area (Å²) in [7, 11) is 0. The van der Waals surface area contributed by atoms with E-state index in [1.165, 1.54) is 0 Å². The molecule has 0 amide bonds. The fourth-order valence-electron chi connectivity index (χ4n) is 0.663. The van der Waals surface area contributed by atoms with E-state index in [0.29, 0.717) is 25.6 Å². The Balaban J connectivity index is 3.42. The van der Waals surface area contributed by atoms with E-state index in [0.717, 1.165) is 6.61 Å². The van der Waals surface area contributed by atoms with Crippen LogP contribution in [0.2, 0.25) is 0 Å². The van der Waals surface area contributed by atoms with Crippen molar-refractivity contribution in [2.24, 2.45) is 22.8 Å². The van der Waals surface area contributed by atoms with Crippen molar-refractivity contribution in [1.82, 2.24) is 0 Å². The molecule has 0 saturated heterocycles. The molecule has 0 radical (unpaired) electrons. The molecular weight excluding hydrogens is 152 g/mol. The predicted octanol–water partition coefficient (Wildman–Crippen LogP) is 0.583. The molecule has 0 aromatic carbocycles. The highest BCUT2D eigenvalue weighted by Crippen LogP contribution is 2.12. The summed E-state index contributed by atoms with van der Waals surface area (Å²) in [6.45, 7) is 9.07. The van der Waals surface area contributed by atoms with Crippen LogP contribution in [-0.2, 0) is 4.74 Å². The van der Waals surface area contributed by atoms with Crippen molar-refractivity contribution in [1.29, 1.82) is 0 Å². The molecule has 12 heavy (non-hydrogen) atoms. The molecule has 0 bridgehead atoms. The normalized spacial score (nSPS) is 14.8. The average Bonchev–Trinajstić information content (AvgIpc) is 2.04. The largest absolute Gasteiger partial charge is 0.381 e. The van der Waals surface area contributed by atoms with Crippen LogP contribution in [0, 0.1) is 11.3 Å². The van der Waals surface area contributed by atoms with Crippen molar-refractivity contribution in [3.63, 3.8) is 0 Å². The zero-order valence-corrected chi connectivity index (χ0v) is 8.47. The third-order valence-corrected chi connectivity index (χ3v) is 1.85. The van der Waals surface area contributed by atoms with Gasteiger partial charge in [-0.15, -0.1) is 0 Å². The Morgan fingerprint density at radius 1 is 1.33 bits per heavy atom. The second-order valence-electron chi connectivity index (χ2n) is 4.22. The van der Waals surface area contributed by atoms with E-state index in [9.17, 15) is 0 Å². The van der Waals surface area contributed by atoms with E-state index >= 15 is 0 Å². The molecule has 1 unspecified atom stereocenters. The van der Waals surface area contributed by atoms with Gasteiger partial charge in [-0.2, -0.15) is 0 Å². The Hall–Kier alpha value is -0.120. The molecule has 74 valence electrons. The Labute approximate surface area is 75.5 Å². The molecule has 0 saturated carbocycles. The van der Waals surface area contributed by atoms with Gasteiger partial charge in [-0.3, -0.25) is 0 Å². The molecule has 0 aliphatic rings. The van der Waals surface area contributed by atoms with Gasteiger partial charge in [0.15, 0.2) is 0 Å². The Morgan fingerprint density at radius 2 is 1.92 bits per heavy atom. The van der Waals surface area contributed by atoms with Crippen LogP contribution in [0.5, 0.6) is 0 Å². The number of ether oxygens (including phenoxy) is 1. The Bertz CT molecular complexity index is 115. The molecule has 3 heteroatoms. The van der Waals surface area contributed by atoms with Gasteiger partial charge in [-0.25, -0.2) is 0 Å². The molecular formula is C9H22N2O. The molecule has 0 heterocycles. The van der Waals surface area contributed by atoms with E-state index < -0.39 is 0 Å². The maximum atomic E-state index is 5.55. The van der Waals surface area contributed by atoms with Gasteiger partial charge in [-0.1, -0.05) is 20.8 Å². The smallest absolute Gasteiger partial charge is 0.0529 e. The summed E-state index contributed by atoms with van der Waals surface area (Å²) in [5.41, 5.74) is 11.1. The van der Waals surface area contributed by atoms with Crippen LogP contribution in [0.3, 0.4) is 0 Å². The van der Waals surface area contributed by atoms with Gasteiger partial charge in [0.05, 0.1) is 13.2 Å². The molecule has 0 spiro atoms. The van der Waals surface area contributed by atoms with Gasteiger partial charge >= 0.3 is 0 Å². The minimum absolute atomic E-state index is 0.0916. The quantitative estimate of drug-likeness (QED) is 0.619. The first-order valence-electron chi connectivity index (χ1n) is 4.49. The molecule has 4 N–H and O–H groups in total. The Morgan fingerprint density at radius 3 is 2.33 bits per heavy atom. The Kier molecular flexibility index (Phi) is 5.46. The van der Waals surface area contributed by atoms with Crippen LogP contribution in [0.1, 0.15) is 20.8 Å². The van der Waals surface area contributed by atoms with Gasteiger partial charge < -0.3 is 16.2 Å². The number of hydrogen-bond acceptors (Lipinski definition) is 3. The van der Waals surface area contributed by atoms with E-state index in [1.807, 2.05) is 0 Å². The van der Waals surface area contributed by atoms with Crippen molar-refractivity contribution in [2.75, 3.05) is 26.3 Å². The molecule has 1 atom stereocenters. The van der Waals surface area contributed by atoms with Gasteiger partial charge in [0.2, 0.25) is 0 Å². The minimum atomic E-state index is 0.0916. The van der Waals surface area contributed by atoms with Crippen molar-refractivity contribution >= 4 is 0 Å². The van der Waals surface area contributed by atoms with Crippen LogP contribution in [0.15, 0.2) is 0 Å². The van der Waals surface area contributed by atoms with E-state index in [4.69, 9.17) is 16.2 Å². The molecule has 3 nitrogen and oxygen atoms in total. The summed E-state index contributed by atoms with van der Waals surface area (Å²) in [4.78, 5) is 0. The van der Waals surface area contributed by atoms with E-state index in [-0.39, 0.29) is 5.41 Å². The lowest BCUT2D eigenvalue weighted by molar-refractivity contribution is 0.0487. The third-order valence-electron chi connectivity index (χ3n) is 1.85. The van der Waals surface area contributed by atoms with E-state index in [1.54, 1.807) is 0 Å².